The molecule has 1 aliphatic carbocycles. The van der Waals surface area contributed by atoms with Crippen molar-refractivity contribution in [3.8, 4) is 11.5 Å². The van der Waals surface area contributed by atoms with Crippen molar-refractivity contribution in [2.45, 2.75) is 44.6 Å². The summed E-state index contributed by atoms with van der Waals surface area (Å²) in [7, 11) is 3.19. The Morgan fingerprint density at radius 2 is 1.85 bits per heavy atom. The molecule has 138 valence electrons. The van der Waals surface area contributed by atoms with Crippen molar-refractivity contribution >= 4 is 5.91 Å². The highest BCUT2D eigenvalue weighted by Crippen LogP contribution is 2.27. The standard InChI is InChI=1S/C21H26N2O3/c1-25-18-12-11-16(14-19(18)26-2)15-21(24)23-13-7-6-10-20(23)22-17-8-4-3-5-9-17/h6-7,10-14,17H,3-5,8-9,15H2,1-2H3. The van der Waals surface area contributed by atoms with E-state index in [1.165, 1.54) is 19.3 Å². The summed E-state index contributed by atoms with van der Waals surface area (Å²) in [5.41, 5.74) is 1.62. The highest BCUT2D eigenvalue weighted by molar-refractivity contribution is 5.81. The van der Waals surface area contributed by atoms with Crippen molar-refractivity contribution in [1.82, 2.24) is 4.57 Å². The van der Waals surface area contributed by atoms with Gasteiger partial charge >= 0.3 is 0 Å². The number of nitrogens with zero attached hydrogens (tertiary/aromatic N) is 2. The fraction of sp³-hybridized carbons (Fsp3) is 0.429. The smallest absolute Gasteiger partial charge is 0.236 e. The number of carbonyl (C=O) groups excluding carboxylic acids is 1. The van der Waals surface area contributed by atoms with Gasteiger partial charge in [-0.1, -0.05) is 31.4 Å². The molecule has 5 heteroatoms. The number of carbonyl (C=O) groups is 1. The summed E-state index contributed by atoms with van der Waals surface area (Å²) >= 11 is 0. The lowest BCUT2D eigenvalue weighted by Crippen LogP contribution is -2.29. The molecule has 1 aliphatic rings. The third-order valence-corrected chi connectivity index (χ3v) is 4.80. The van der Waals surface area contributed by atoms with Crippen LogP contribution in [0.2, 0.25) is 0 Å². The molecule has 0 saturated heterocycles. The maximum atomic E-state index is 12.9. The van der Waals surface area contributed by atoms with E-state index in [0.717, 1.165) is 23.9 Å². The van der Waals surface area contributed by atoms with Crippen molar-refractivity contribution < 1.29 is 14.3 Å². The molecule has 1 heterocycles. The highest BCUT2D eigenvalue weighted by Gasteiger charge is 2.14. The van der Waals surface area contributed by atoms with E-state index in [-0.39, 0.29) is 12.3 Å². The van der Waals surface area contributed by atoms with E-state index >= 15 is 0 Å². The predicted octanol–water partition coefficient (Wildman–Crippen LogP) is 3.62. The van der Waals surface area contributed by atoms with Gasteiger partial charge in [-0.15, -0.1) is 0 Å². The predicted molar refractivity (Wildman–Crippen MR) is 101 cm³/mol. The van der Waals surface area contributed by atoms with Crippen LogP contribution in [0.4, 0.5) is 0 Å². The van der Waals surface area contributed by atoms with Crippen LogP contribution < -0.4 is 15.0 Å². The molecule has 1 aromatic heterocycles. The van der Waals surface area contributed by atoms with E-state index in [1.54, 1.807) is 25.0 Å². The number of methoxy groups -OCH3 is 2. The zero-order chi connectivity index (χ0) is 18.4. The van der Waals surface area contributed by atoms with Crippen molar-refractivity contribution in [1.29, 1.82) is 0 Å². The molecular weight excluding hydrogens is 328 g/mol. The largest absolute Gasteiger partial charge is 0.493 e. The normalized spacial score (nSPS) is 15.7. The topological polar surface area (TPSA) is 52.8 Å². The van der Waals surface area contributed by atoms with E-state index in [2.05, 4.69) is 0 Å². The van der Waals surface area contributed by atoms with E-state index in [1.807, 2.05) is 36.4 Å². The van der Waals surface area contributed by atoms with Crippen LogP contribution in [-0.2, 0) is 6.42 Å². The molecule has 5 nitrogen and oxygen atoms in total. The van der Waals surface area contributed by atoms with Gasteiger partial charge in [-0.25, -0.2) is 0 Å². The number of ether oxygens (including phenoxy) is 2. The van der Waals surface area contributed by atoms with Gasteiger partial charge in [0.25, 0.3) is 0 Å². The SMILES string of the molecule is COc1ccc(CC(=O)n2ccccc2=NC2CCCCC2)cc1OC. The van der Waals surface area contributed by atoms with Crippen LogP contribution in [0.5, 0.6) is 11.5 Å². The van der Waals surface area contributed by atoms with Gasteiger partial charge < -0.3 is 9.47 Å². The summed E-state index contributed by atoms with van der Waals surface area (Å²) < 4.78 is 12.2. The Labute approximate surface area is 154 Å². The molecule has 1 fully saturated rings. The molecule has 0 unspecified atom stereocenters. The number of hydrogen-bond acceptors (Lipinski definition) is 4. The van der Waals surface area contributed by atoms with Gasteiger partial charge in [-0.3, -0.25) is 14.4 Å². The van der Waals surface area contributed by atoms with Crippen LogP contribution in [0, 0.1) is 0 Å². The van der Waals surface area contributed by atoms with E-state index in [0.29, 0.717) is 17.5 Å². The lowest BCUT2D eigenvalue weighted by Gasteiger charge is -2.17. The maximum Gasteiger partial charge on any atom is 0.236 e. The quantitative estimate of drug-likeness (QED) is 0.824. The molecule has 0 N–H and O–H groups in total. The second-order valence-electron chi connectivity index (χ2n) is 6.61. The molecule has 26 heavy (non-hydrogen) atoms. The molecule has 0 spiro atoms. The van der Waals surface area contributed by atoms with E-state index < -0.39 is 0 Å². The first kappa shape index (κ1) is 18.2. The van der Waals surface area contributed by atoms with Gasteiger partial charge in [0.2, 0.25) is 5.91 Å². The Bertz CT molecular complexity index is 820. The van der Waals surface area contributed by atoms with E-state index in [9.17, 15) is 4.79 Å². The van der Waals surface area contributed by atoms with Crippen LogP contribution in [-0.4, -0.2) is 30.7 Å². The Morgan fingerprint density at radius 1 is 1.08 bits per heavy atom. The van der Waals surface area contributed by atoms with Crippen molar-refractivity contribution in [2.24, 2.45) is 4.99 Å². The first-order chi connectivity index (χ1) is 12.7. The third kappa shape index (κ3) is 4.34. The van der Waals surface area contributed by atoms with Gasteiger partial charge in [0.05, 0.1) is 26.7 Å². The molecule has 0 bridgehead atoms. The van der Waals surface area contributed by atoms with Gasteiger partial charge in [0, 0.05) is 6.20 Å². The third-order valence-electron chi connectivity index (χ3n) is 4.80. The molecular formula is C21H26N2O3. The minimum Gasteiger partial charge on any atom is -0.493 e. The first-order valence-corrected chi connectivity index (χ1v) is 9.17. The number of pyridine rings is 1. The number of rotatable bonds is 5. The summed E-state index contributed by atoms with van der Waals surface area (Å²) in [5.74, 6) is 1.28. The number of benzene rings is 1. The summed E-state index contributed by atoms with van der Waals surface area (Å²) in [6.07, 6.45) is 8.03. The maximum absolute atomic E-state index is 12.9. The first-order valence-electron chi connectivity index (χ1n) is 9.17. The van der Waals surface area contributed by atoms with Crippen LogP contribution in [0.1, 0.15) is 42.5 Å². The molecule has 1 saturated carbocycles. The molecule has 0 radical (unpaired) electrons. The van der Waals surface area contributed by atoms with Gasteiger partial charge in [0.15, 0.2) is 11.5 Å². The monoisotopic (exact) mass is 354 g/mol. The number of aromatic nitrogens is 1. The Morgan fingerprint density at radius 3 is 2.58 bits per heavy atom. The minimum absolute atomic E-state index is 0.00706. The summed E-state index contributed by atoms with van der Waals surface area (Å²) in [5, 5.41) is 0. The molecule has 2 aromatic rings. The van der Waals surface area contributed by atoms with Crippen molar-refractivity contribution in [2.75, 3.05) is 14.2 Å². The van der Waals surface area contributed by atoms with Crippen LogP contribution >= 0.6 is 0 Å². The fourth-order valence-corrected chi connectivity index (χ4v) is 3.40. The fourth-order valence-electron chi connectivity index (χ4n) is 3.40. The second kappa shape index (κ2) is 8.70. The molecule has 3 rings (SSSR count). The van der Waals surface area contributed by atoms with Crippen molar-refractivity contribution in [3.05, 3.63) is 53.6 Å². The Kier molecular flexibility index (Phi) is 6.10. The summed E-state index contributed by atoms with van der Waals surface area (Å²) in [6, 6.07) is 11.6. The molecule has 0 amide bonds. The van der Waals surface area contributed by atoms with Crippen molar-refractivity contribution in [3.63, 3.8) is 0 Å². The zero-order valence-electron chi connectivity index (χ0n) is 15.5. The van der Waals surface area contributed by atoms with Gasteiger partial charge in [-0.05, 0) is 42.7 Å². The van der Waals surface area contributed by atoms with Crippen LogP contribution in [0.15, 0.2) is 47.6 Å². The van der Waals surface area contributed by atoms with Crippen LogP contribution in [0.3, 0.4) is 0 Å². The minimum atomic E-state index is -0.00706. The van der Waals surface area contributed by atoms with Crippen LogP contribution in [0.25, 0.3) is 0 Å². The summed E-state index contributed by atoms with van der Waals surface area (Å²) in [4.78, 5) is 17.7. The Hall–Kier alpha value is -2.56. The average Bonchev–Trinajstić information content (AvgIpc) is 2.69. The Balaban J connectivity index is 1.83. The summed E-state index contributed by atoms with van der Waals surface area (Å²) in [6.45, 7) is 0. The van der Waals surface area contributed by atoms with Gasteiger partial charge in [0.1, 0.15) is 5.49 Å². The lowest BCUT2D eigenvalue weighted by molar-refractivity contribution is 0.0908. The lowest BCUT2D eigenvalue weighted by atomic mass is 9.96. The van der Waals surface area contributed by atoms with E-state index in [4.69, 9.17) is 14.5 Å². The molecule has 0 aliphatic heterocycles. The second-order valence-corrected chi connectivity index (χ2v) is 6.61. The molecule has 0 atom stereocenters. The average molecular weight is 354 g/mol. The number of hydrogen-bond donors (Lipinski definition) is 0. The molecule has 1 aromatic carbocycles. The highest BCUT2D eigenvalue weighted by atomic mass is 16.5. The zero-order valence-corrected chi connectivity index (χ0v) is 15.5. The van der Waals surface area contributed by atoms with Gasteiger partial charge in [-0.2, -0.15) is 0 Å².